The van der Waals surface area contributed by atoms with E-state index in [9.17, 15) is 14.7 Å². The minimum atomic E-state index is -1.06. The van der Waals surface area contributed by atoms with Crippen molar-refractivity contribution in [1.82, 2.24) is 15.3 Å². The fourth-order valence-corrected chi connectivity index (χ4v) is 3.97. The first-order chi connectivity index (χ1) is 16.1. The quantitative estimate of drug-likeness (QED) is 0.347. The van der Waals surface area contributed by atoms with Crippen molar-refractivity contribution in [3.05, 3.63) is 101 Å². The number of aromatic carboxylic acids is 1. The minimum Gasteiger partial charge on any atom is -0.478 e. The van der Waals surface area contributed by atoms with Crippen molar-refractivity contribution in [2.24, 2.45) is 0 Å². The SMILES string of the molecule is O=C(O)c1cc(NC(=O)C(Cc2ccccc2)NCc2cncs2)cc(-c2ccncc2)c1. The molecule has 0 aliphatic rings. The lowest BCUT2D eigenvalue weighted by Gasteiger charge is -2.19. The van der Waals surface area contributed by atoms with E-state index in [4.69, 9.17) is 0 Å². The molecule has 0 fully saturated rings. The summed E-state index contributed by atoms with van der Waals surface area (Å²) in [4.78, 5) is 34.1. The molecule has 2 heterocycles. The number of nitrogens with one attached hydrogen (secondary N) is 2. The fraction of sp³-hybridized carbons (Fsp3) is 0.120. The maximum Gasteiger partial charge on any atom is 0.335 e. The molecule has 33 heavy (non-hydrogen) atoms. The van der Waals surface area contributed by atoms with E-state index in [0.717, 1.165) is 16.0 Å². The summed E-state index contributed by atoms with van der Waals surface area (Å²) in [6.45, 7) is 0.507. The molecule has 1 amide bonds. The van der Waals surface area contributed by atoms with Crippen LogP contribution in [-0.2, 0) is 17.8 Å². The average Bonchev–Trinajstić information content (AvgIpc) is 3.36. The number of aromatic nitrogens is 2. The Morgan fingerprint density at radius 2 is 1.76 bits per heavy atom. The van der Waals surface area contributed by atoms with Crippen molar-refractivity contribution < 1.29 is 14.7 Å². The van der Waals surface area contributed by atoms with Crippen LogP contribution in [0.25, 0.3) is 11.1 Å². The highest BCUT2D eigenvalue weighted by atomic mass is 32.1. The lowest BCUT2D eigenvalue weighted by atomic mass is 10.0. The number of rotatable bonds is 9. The van der Waals surface area contributed by atoms with E-state index < -0.39 is 12.0 Å². The summed E-state index contributed by atoms with van der Waals surface area (Å²) in [5.41, 5.74) is 4.78. The van der Waals surface area contributed by atoms with Gasteiger partial charge in [0.2, 0.25) is 5.91 Å². The largest absolute Gasteiger partial charge is 0.478 e. The maximum atomic E-state index is 13.3. The second kappa shape index (κ2) is 10.6. The highest BCUT2D eigenvalue weighted by Crippen LogP contribution is 2.25. The van der Waals surface area contributed by atoms with Gasteiger partial charge in [0, 0.05) is 35.7 Å². The summed E-state index contributed by atoms with van der Waals surface area (Å²) >= 11 is 1.52. The summed E-state index contributed by atoms with van der Waals surface area (Å²) in [5, 5.41) is 15.8. The average molecular weight is 459 g/mol. The van der Waals surface area contributed by atoms with Gasteiger partial charge in [-0.2, -0.15) is 0 Å². The number of hydrogen-bond donors (Lipinski definition) is 3. The van der Waals surface area contributed by atoms with Gasteiger partial charge in [0.25, 0.3) is 0 Å². The molecule has 2 aromatic heterocycles. The predicted molar refractivity (Wildman–Crippen MR) is 128 cm³/mol. The highest BCUT2D eigenvalue weighted by molar-refractivity contribution is 7.09. The van der Waals surface area contributed by atoms with E-state index in [-0.39, 0.29) is 11.5 Å². The Hall–Kier alpha value is -3.88. The first-order valence-corrected chi connectivity index (χ1v) is 11.2. The number of carboxylic acid groups (broad SMARTS) is 1. The number of nitrogens with zero attached hydrogens (tertiary/aromatic N) is 2. The zero-order valence-electron chi connectivity index (χ0n) is 17.6. The molecular weight excluding hydrogens is 436 g/mol. The topological polar surface area (TPSA) is 104 Å². The molecule has 4 aromatic rings. The maximum absolute atomic E-state index is 13.3. The second-order valence-corrected chi connectivity index (χ2v) is 8.39. The van der Waals surface area contributed by atoms with Crippen molar-refractivity contribution in [3.63, 3.8) is 0 Å². The van der Waals surface area contributed by atoms with E-state index in [1.54, 1.807) is 48.4 Å². The van der Waals surface area contributed by atoms with Crippen molar-refractivity contribution in [2.45, 2.75) is 19.0 Å². The molecule has 0 aliphatic heterocycles. The van der Waals surface area contributed by atoms with Crippen molar-refractivity contribution in [2.75, 3.05) is 5.32 Å². The van der Waals surface area contributed by atoms with Crippen LogP contribution in [0.4, 0.5) is 5.69 Å². The van der Waals surface area contributed by atoms with Gasteiger partial charge in [-0.3, -0.25) is 14.8 Å². The molecule has 1 atom stereocenters. The van der Waals surface area contributed by atoms with Gasteiger partial charge in [-0.15, -0.1) is 11.3 Å². The number of carbonyl (C=O) groups excluding carboxylic acids is 1. The fourth-order valence-electron chi connectivity index (χ4n) is 3.42. The van der Waals surface area contributed by atoms with Gasteiger partial charge >= 0.3 is 5.97 Å². The summed E-state index contributed by atoms with van der Waals surface area (Å²) in [5.74, 6) is -1.31. The smallest absolute Gasteiger partial charge is 0.335 e. The second-order valence-electron chi connectivity index (χ2n) is 7.42. The van der Waals surface area contributed by atoms with Gasteiger partial charge in [0.15, 0.2) is 0 Å². The number of carbonyl (C=O) groups is 2. The van der Waals surface area contributed by atoms with E-state index in [1.165, 1.54) is 17.4 Å². The van der Waals surface area contributed by atoms with Gasteiger partial charge in [0.05, 0.1) is 17.1 Å². The Balaban J connectivity index is 1.58. The molecule has 4 rings (SSSR count). The predicted octanol–water partition coefficient (Wildman–Crippen LogP) is 4.24. The van der Waals surface area contributed by atoms with Gasteiger partial charge in [-0.25, -0.2) is 4.79 Å². The summed E-state index contributed by atoms with van der Waals surface area (Å²) < 4.78 is 0. The number of anilines is 1. The third-order valence-corrected chi connectivity index (χ3v) is 5.85. The molecule has 0 spiro atoms. The van der Waals surface area contributed by atoms with Crippen molar-refractivity contribution in [1.29, 1.82) is 0 Å². The van der Waals surface area contributed by atoms with Crippen molar-refractivity contribution in [3.8, 4) is 11.1 Å². The Kier molecular flexibility index (Phi) is 7.19. The molecule has 7 nitrogen and oxygen atoms in total. The first kappa shape index (κ1) is 22.3. The molecule has 0 saturated heterocycles. The van der Waals surface area contributed by atoms with Crippen LogP contribution in [0.15, 0.2) is 84.8 Å². The number of amides is 1. The Morgan fingerprint density at radius 1 is 0.970 bits per heavy atom. The van der Waals surface area contributed by atoms with Gasteiger partial charge in [0.1, 0.15) is 0 Å². The summed E-state index contributed by atoms with van der Waals surface area (Å²) in [7, 11) is 0. The third-order valence-electron chi connectivity index (χ3n) is 5.07. The monoisotopic (exact) mass is 458 g/mol. The molecule has 166 valence electrons. The zero-order chi connectivity index (χ0) is 23.0. The number of benzene rings is 2. The normalized spacial score (nSPS) is 11.6. The van der Waals surface area contributed by atoms with Crippen LogP contribution in [0.5, 0.6) is 0 Å². The third kappa shape index (κ3) is 6.09. The van der Waals surface area contributed by atoms with Gasteiger partial charge in [-0.05, 0) is 53.4 Å². The molecule has 0 bridgehead atoms. The van der Waals surface area contributed by atoms with Crippen LogP contribution >= 0.6 is 11.3 Å². The molecule has 8 heteroatoms. The van der Waals surface area contributed by atoms with E-state index in [1.807, 2.05) is 30.3 Å². The lowest BCUT2D eigenvalue weighted by Crippen LogP contribution is -2.41. The first-order valence-electron chi connectivity index (χ1n) is 10.3. The van der Waals surface area contributed by atoms with E-state index in [0.29, 0.717) is 24.2 Å². The standard InChI is InChI=1S/C25H22N4O3S/c30-24(23(10-17-4-2-1-3-5-17)28-15-22-14-27-16-33-22)29-21-12-19(11-20(13-21)25(31)32)18-6-8-26-9-7-18/h1-9,11-14,16,23,28H,10,15H2,(H,29,30)(H,31,32). The van der Waals surface area contributed by atoms with E-state index >= 15 is 0 Å². The van der Waals surface area contributed by atoms with Crippen LogP contribution in [0, 0.1) is 0 Å². The highest BCUT2D eigenvalue weighted by Gasteiger charge is 2.20. The molecule has 1 unspecified atom stereocenters. The van der Waals surface area contributed by atoms with Crippen molar-refractivity contribution >= 4 is 28.9 Å². The van der Waals surface area contributed by atoms with Crippen LogP contribution in [0.1, 0.15) is 20.8 Å². The number of pyridine rings is 1. The Morgan fingerprint density at radius 3 is 2.45 bits per heavy atom. The number of carboxylic acids is 1. The summed E-state index contributed by atoms with van der Waals surface area (Å²) in [6, 6.07) is 17.6. The molecule has 0 radical (unpaired) electrons. The molecule has 2 aromatic carbocycles. The molecule has 0 aliphatic carbocycles. The summed E-state index contributed by atoms with van der Waals surface area (Å²) in [6.07, 6.45) is 5.54. The number of thiazole rings is 1. The van der Waals surface area contributed by atoms with E-state index in [2.05, 4.69) is 20.6 Å². The Bertz CT molecular complexity index is 1220. The number of hydrogen-bond acceptors (Lipinski definition) is 6. The van der Waals surface area contributed by atoms with Crippen LogP contribution < -0.4 is 10.6 Å². The van der Waals surface area contributed by atoms with Crippen LogP contribution in [-0.4, -0.2) is 33.0 Å². The lowest BCUT2D eigenvalue weighted by molar-refractivity contribution is -0.118. The zero-order valence-corrected chi connectivity index (χ0v) is 18.5. The molecule has 3 N–H and O–H groups in total. The van der Waals surface area contributed by atoms with Crippen LogP contribution in [0.2, 0.25) is 0 Å². The molecule has 0 saturated carbocycles. The van der Waals surface area contributed by atoms with Gasteiger partial charge in [-0.1, -0.05) is 30.3 Å². The van der Waals surface area contributed by atoms with Gasteiger partial charge < -0.3 is 15.7 Å². The van der Waals surface area contributed by atoms with Crippen LogP contribution in [0.3, 0.4) is 0 Å². The molecular formula is C25H22N4O3S. The Labute approximate surface area is 195 Å². The minimum absolute atomic E-state index is 0.0943.